The van der Waals surface area contributed by atoms with Crippen molar-refractivity contribution in [3.8, 4) is 0 Å². The molecular formula is C16H25N3O3S. The summed E-state index contributed by atoms with van der Waals surface area (Å²) in [5.74, 6) is 0.781. The normalized spacial score (nSPS) is 26.7. The van der Waals surface area contributed by atoms with Crippen LogP contribution in [0.3, 0.4) is 0 Å². The number of unbranched alkanes of at least 4 members (excludes halogenated alkanes) is 1. The Balaban J connectivity index is 1.84. The molecule has 3 rings (SSSR count). The van der Waals surface area contributed by atoms with Gasteiger partial charge in [-0.05, 0) is 24.8 Å². The van der Waals surface area contributed by atoms with Gasteiger partial charge in [-0.15, -0.1) is 0 Å². The highest BCUT2D eigenvalue weighted by Crippen LogP contribution is 2.38. The number of nitrogens with zero attached hydrogens (tertiary/aromatic N) is 1. The van der Waals surface area contributed by atoms with Crippen molar-refractivity contribution in [2.45, 2.75) is 38.1 Å². The Labute approximate surface area is 137 Å². The lowest BCUT2D eigenvalue weighted by molar-refractivity contribution is 0.196. The van der Waals surface area contributed by atoms with Crippen molar-refractivity contribution in [3.05, 3.63) is 34.2 Å². The van der Waals surface area contributed by atoms with Gasteiger partial charge in [-0.1, -0.05) is 19.4 Å². The van der Waals surface area contributed by atoms with Gasteiger partial charge >= 0.3 is 0 Å². The van der Waals surface area contributed by atoms with Crippen molar-refractivity contribution >= 4 is 10.0 Å². The summed E-state index contributed by atoms with van der Waals surface area (Å²) in [5.41, 5.74) is 0.996. The zero-order valence-corrected chi connectivity index (χ0v) is 14.3. The Bertz CT molecular complexity index is 714. The van der Waals surface area contributed by atoms with E-state index in [1.54, 1.807) is 12.1 Å². The third-order valence-electron chi connectivity index (χ3n) is 4.98. The molecule has 1 saturated heterocycles. The average Bonchev–Trinajstić information content (AvgIpc) is 2.54. The van der Waals surface area contributed by atoms with Crippen LogP contribution in [0.5, 0.6) is 0 Å². The second kappa shape index (κ2) is 6.75. The van der Waals surface area contributed by atoms with E-state index in [9.17, 15) is 13.2 Å². The highest BCUT2D eigenvalue weighted by atomic mass is 32.2. The van der Waals surface area contributed by atoms with E-state index in [2.05, 4.69) is 10.0 Å². The molecule has 2 aliphatic rings. The number of piperidine rings is 1. The minimum atomic E-state index is -3.27. The zero-order valence-electron chi connectivity index (χ0n) is 13.5. The quantitative estimate of drug-likeness (QED) is 0.804. The first-order valence-electron chi connectivity index (χ1n) is 8.41. The van der Waals surface area contributed by atoms with Crippen LogP contribution in [0.2, 0.25) is 0 Å². The molecule has 0 unspecified atom stereocenters. The number of hydrogen-bond donors (Lipinski definition) is 2. The molecule has 0 aromatic carbocycles. The lowest BCUT2D eigenvalue weighted by Gasteiger charge is -2.43. The van der Waals surface area contributed by atoms with Crippen LogP contribution in [-0.2, 0) is 10.0 Å². The van der Waals surface area contributed by atoms with Gasteiger partial charge in [0, 0.05) is 37.3 Å². The van der Waals surface area contributed by atoms with Crippen LogP contribution in [0.1, 0.15) is 43.8 Å². The minimum Gasteiger partial charge on any atom is -0.316 e. The first-order valence-corrected chi connectivity index (χ1v) is 10.1. The largest absolute Gasteiger partial charge is 0.316 e. The van der Waals surface area contributed by atoms with Crippen molar-refractivity contribution in [1.29, 1.82) is 0 Å². The van der Waals surface area contributed by atoms with E-state index in [-0.39, 0.29) is 23.3 Å². The fraction of sp³-hybridized carbons (Fsp3) is 0.688. The monoisotopic (exact) mass is 339 g/mol. The molecule has 0 radical (unpaired) electrons. The molecule has 0 spiro atoms. The van der Waals surface area contributed by atoms with Crippen molar-refractivity contribution < 1.29 is 8.42 Å². The summed E-state index contributed by atoms with van der Waals surface area (Å²) in [6, 6.07) is 5.25. The molecule has 2 aliphatic heterocycles. The van der Waals surface area contributed by atoms with Crippen molar-refractivity contribution in [1.82, 2.24) is 14.6 Å². The predicted molar refractivity (Wildman–Crippen MR) is 90.2 cm³/mol. The molecule has 0 saturated carbocycles. The Morgan fingerprint density at radius 1 is 1.35 bits per heavy atom. The Hall–Kier alpha value is -1.18. The second-order valence-corrected chi connectivity index (χ2v) is 8.52. The molecule has 2 N–H and O–H groups in total. The summed E-state index contributed by atoms with van der Waals surface area (Å²) >= 11 is 0. The standard InChI is InChI=1S/C16H25N3O3S/c1-2-3-7-23(21,22)18-11-15-13-8-12(9-17-10-13)14-5-4-6-16(20)19(14)15/h4-6,12-13,15,17-18H,2-3,7-11H2,1H3/t12-,13+,15+/m1/s1. The molecule has 3 heterocycles. The maximum Gasteiger partial charge on any atom is 0.251 e. The lowest BCUT2D eigenvalue weighted by Crippen LogP contribution is -2.50. The summed E-state index contributed by atoms with van der Waals surface area (Å²) < 4.78 is 28.7. The van der Waals surface area contributed by atoms with Crippen molar-refractivity contribution in [2.75, 3.05) is 25.4 Å². The number of nitrogens with one attached hydrogen (secondary N) is 2. The molecule has 1 aromatic heterocycles. The lowest BCUT2D eigenvalue weighted by atomic mass is 9.79. The number of pyridine rings is 1. The maximum absolute atomic E-state index is 12.4. The third-order valence-corrected chi connectivity index (χ3v) is 6.41. The molecule has 128 valence electrons. The van der Waals surface area contributed by atoms with E-state index >= 15 is 0 Å². The van der Waals surface area contributed by atoms with Crippen LogP contribution in [0, 0.1) is 5.92 Å². The van der Waals surface area contributed by atoms with Gasteiger partial charge in [0.1, 0.15) is 0 Å². The van der Waals surface area contributed by atoms with Gasteiger partial charge in [-0.25, -0.2) is 13.1 Å². The van der Waals surface area contributed by atoms with Gasteiger partial charge in [0.25, 0.3) is 5.56 Å². The Morgan fingerprint density at radius 3 is 2.96 bits per heavy atom. The molecule has 1 aromatic rings. The summed E-state index contributed by atoms with van der Waals surface area (Å²) in [4.78, 5) is 12.4. The Kier molecular flexibility index (Phi) is 4.89. The van der Waals surface area contributed by atoms with E-state index in [1.807, 2.05) is 17.6 Å². The van der Waals surface area contributed by atoms with Gasteiger partial charge in [0.15, 0.2) is 0 Å². The number of rotatable bonds is 6. The van der Waals surface area contributed by atoms with Gasteiger partial charge < -0.3 is 9.88 Å². The number of aromatic nitrogens is 1. The molecular weight excluding hydrogens is 314 g/mol. The highest BCUT2D eigenvalue weighted by Gasteiger charge is 2.37. The van der Waals surface area contributed by atoms with E-state index < -0.39 is 10.0 Å². The van der Waals surface area contributed by atoms with Crippen molar-refractivity contribution in [2.24, 2.45) is 5.92 Å². The van der Waals surface area contributed by atoms with Gasteiger partial charge in [-0.2, -0.15) is 0 Å². The molecule has 7 heteroatoms. The van der Waals surface area contributed by atoms with E-state index in [0.29, 0.717) is 18.9 Å². The zero-order chi connectivity index (χ0) is 16.4. The summed E-state index contributed by atoms with van der Waals surface area (Å²) in [6.45, 7) is 3.98. The molecule has 6 nitrogen and oxygen atoms in total. The predicted octanol–water partition coefficient (Wildman–Crippen LogP) is 0.816. The number of fused-ring (bicyclic) bond motifs is 4. The third kappa shape index (κ3) is 3.51. The SMILES string of the molecule is CCCCS(=O)(=O)NC[C@H]1[C@@H]2CNC[C@@H](C2)c2cccc(=O)n21. The van der Waals surface area contributed by atoms with Gasteiger partial charge in [0.2, 0.25) is 10.0 Å². The summed E-state index contributed by atoms with van der Waals surface area (Å²) in [6.07, 6.45) is 2.52. The smallest absolute Gasteiger partial charge is 0.251 e. The number of hydrogen-bond acceptors (Lipinski definition) is 4. The van der Waals surface area contributed by atoms with Crippen LogP contribution < -0.4 is 15.6 Å². The fourth-order valence-electron chi connectivity index (χ4n) is 3.79. The molecule has 0 aliphatic carbocycles. The second-order valence-electron chi connectivity index (χ2n) is 6.60. The highest BCUT2D eigenvalue weighted by molar-refractivity contribution is 7.89. The minimum absolute atomic E-state index is 0.0307. The maximum atomic E-state index is 12.4. The van der Waals surface area contributed by atoms with Crippen LogP contribution >= 0.6 is 0 Å². The Morgan fingerprint density at radius 2 is 2.17 bits per heavy atom. The molecule has 23 heavy (non-hydrogen) atoms. The van der Waals surface area contributed by atoms with Crippen LogP contribution in [0.15, 0.2) is 23.0 Å². The van der Waals surface area contributed by atoms with Crippen LogP contribution in [0.25, 0.3) is 0 Å². The van der Waals surface area contributed by atoms with Gasteiger partial charge in [-0.3, -0.25) is 4.79 Å². The van der Waals surface area contributed by atoms with Crippen molar-refractivity contribution in [3.63, 3.8) is 0 Å². The average molecular weight is 339 g/mol. The topological polar surface area (TPSA) is 80.2 Å². The first-order chi connectivity index (χ1) is 11.0. The summed E-state index contributed by atoms with van der Waals surface area (Å²) in [7, 11) is -3.27. The van der Waals surface area contributed by atoms with Gasteiger partial charge in [0.05, 0.1) is 11.8 Å². The molecule has 0 amide bonds. The molecule has 2 bridgehead atoms. The van der Waals surface area contributed by atoms with Crippen LogP contribution in [-0.4, -0.2) is 38.4 Å². The van der Waals surface area contributed by atoms with E-state index in [1.165, 1.54) is 0 Å². The fourth-order valence-corrected chi connectivity index (χ4v) is 5.02. The first kappa shape index (κ1) is 16.7. The van der Waals surface area contributed by atoms with Crippen LogP contribution in [0.4, 0.5) is 0 Å². The molecule has 1 fully saturated rings. The van der Waals surface area contributed by atoms with E-state index in [4.69, 9.17) is 0 Å². The summed E-state index contributed by atoms with van der Waals surface area (Å²) in [5, 5.41) is 3.42. The molecule has 3 atom stereocenters. The number of sulfonamides is 1. The van der Waals surface area contributed by atoms with E-state index in [0.717, 1.165) is 31.6 Å².